The predicted molar refractivity (Wildman–Crippen MR) is 105 cm³/mol. The van der Waals surface area contributed by atoms with E-state index < -0.39 is 9.84 Å². The van der Waals surface area contributed by atoms with Crippen LogP contribution in [-0.2, 0) is 9.84 Å². The van der Waals surface area contributed by atoms with E-state index in [2.05, 4.69) is 15.1 Å². The Morgan fingerprint density at radius 3 is 2.31 bits per heavy atom. The summed E-state index contributed by atoms with van der Waals surface area (Å²) in [7, 11) is -2.81. The summed E-state index contributed by atoms with van der Waals surface area (Å²) < 4.78 is 23.4. The van der Waals surface area contributed by atoms with Gasteiger partial charge in [0.1, 0.15) is 0 Å². The van der Waals surface area contributed by atoms with Crippen LogP contribution >= 0.6 is 0 Å². The van der Waals surface area contributed by atoms with Gasteiger partial charge >= 0.3 is 0 Å². The Kier molecular flexibility index (Phi) is 5.74. The fraction of sp³-hybridized carbons (Fsp3) is 0.947. The van der Waals surface area contributed by atoms with Crippen LogP contribution in [0.1, 0.15) is 51.4 Å². The van der Waals surface area contributed by atoms with E-state index in [1.54, 1.807) is 0 Å². The highest BCUT2D eigenvalue weighted by Crippen LogP contribution is 2.24. The van der Waals surface area contributed by atoms with Crippen LogP contribution in [0.3, 0.4) is 0 Å². The summed E-state index contributed by atoms with van der Waals surface area (Å²) in [5, 5.41) is 3.61. The molecule has 4 rings (SSSR count). The van der Waals surface area contributed by atoms with Crippen molar-refractivity contribution in [3.63, 3.8) is 0 Å². The molecule has 0 amide bonds. The molecule has 0 bridgehead atoms. The van der Waals surface area contributed by atoms with Gasteiger partial charge < -0.3 is 10.2 Å². The largest absolute Gasteiger partial charge is 0.354 e. The predicted octanol–water partition coefficient (Wildman–Crippen LogP) is 1.48. The number of hydrogen-bond donors (Lipinski definition) is 1. The van der Waals surface area contributed by atoms with Crippen molar-refractivity contribution in [2.75, 3.05) is 44.2 Å². The van der Waals surface area contributed by atoms with Gasteiger partial charge in [-0.1, -0.05) is 19.3 Å². The summed E-state index contributed by atoms with van der Waals surface area (Å²) in [6, 6.07) is 1.38. The molecule has 0 aromatic rings. The Morgan fingerprint density at radius 2 is 1.69 bits per heavy atom. The number of nitrogens with zero attached hydrogens (tertiary/aromatic N) is 3. The summed E-state index contributed by atoms with van der Waals surface area (Å²) in [6.45, 7) is 4.99. The number of rotatable bonds is 4. The topological polar surface area (TPSA) is 65.0 Å². The fourth-order valence-corrected chi connectivity index (χ4v) is 6.47. The molecule has 4 fully saturated rings. The van der Waals surface area contributed by atoms with Gasteiger partial charge in [-0.15, -0.1) is 0 Å². The summed E-state index contributed by atoms with van der Waals surface area (Å²) in [4.78, 5) is 9.95. The first-order chi connectivity index (χ1) is 12.6. The van der Waals surface area contributed by atoms with Crippen molar-refractivity contribution in [1.82, 2.24) is 15.1 Å². The molecule has 0 aromatic heterocycles. The summed E-state index contributed by atoms with van der Waals surface area (Å²) >= 11 is 0. The van der Waals surface area contributed by atoms with Gasteiger partial charge in [0.05, 0.1) is 11.5 Å². The second-order valence-corrected chi connectivity index (χ2v) is 10.9. The van der Waals surface area contributed by atoms with Crippen molar-refractivity contribution in [3.8, 4) is 0 Å². The highest BCUT2D eigenvalue weighted by atomic mass is 32.2. The Morgan fingerprint density at radius 1 is 0.962 bits per heavy atom. The van der Waals surface area contributed by atoms with Gasteiger partial charge in [-0.05, 0) is 38.0 Å². The normalized spacial score (nSPS) is 31.3. The van der Waals surface area contributed by atoms with E-state index in [4.69, 9.17) is 4.99 Å². The maximum Gasteiger partial charge on any atom is 0.194 e. The monoisotopic (exact) mass is 382 g/mol. The van der Waals surface area contributed by atoms with E-state index in [1.807, 2.05) is 0 Å². The SMILES string of the molecule is O=S1(=O)CCC(CN=C(NC2CC2)N2CCN(C3CCCCC3)CC2)C1. The van der Waals surface area contributed by atoms with Gasteiger partial charge in [-0.25, -0.2) is 8.42 Å². The summed E-state index contributed by atoms with van der Waals surface area (Å²) in [5.74, 6) is 1.90. The number of piperazine rings is 1. The highest BCUT2D eigenvalue weighted by molar-refractivity contribution is 7.91. The molecule has 0 aromatic carbocycles. The van der Waals surface area contributed by atoms with Gasteiger partial charge in [0.15, 0.2) is 15.8 Å². The molecule has 1 unspecified atom stereocenters. The van der Waals surface area contributed by atoms with Gasteiger partial charge in [-0.3, -0.25) is 9.89 Å². The minimum atomic E-state index is -2.81. The lowest BCUT2D eigenvalue weighted by molar-refractivity contribution is 0.106. The zero-order chi connectivity index (χ0) is 18.0. The molecule has 1 atom stereocenters. The van der Waals surface area contributed by atoms with Crippen molar-refractivity contribution in [1.29, 1.82) is 0 Å². The average molecular weight is 383 g/mol. The molecule has 26 heavy (non-hydrogen) atoms. The Hall–Kier alpha value is -0.820. The first kappa shape index (κ1) is 18.5. The number of sulfone groups is 1. The molecule has 148 valence electrons. The maximum atomic E-state index is 11.7. The van der Waals surface area contributed by atoms with Crippen molar-refractivity contribution >= 4 is 15.8 Å². The van der Waals surface area contributed by atoms with E-state index >= 15 is 0 Å². The standard InChI is InChI=1S/C19H34N4O2S/c24-26(25)13-8-16(15-26)14-20-19(21-17-6-7-17)23-11-9-22(10-12-23)18-4-2-1-3-5-18/h16-18H,1-15H2,(H,20,21). The van der Waals surface area contributed by atoms with E-state index in [1.165, 1.54) is 44.9 Å². The molecule has 7 heteroatoms. The van der Waals surface area contributed by atoms with Crippen LogP contribution in [0.2, 0.25) is 0 Å². The lowest BCUT2D eigenvalue weighted by Crippen LogP contribution is -2.55. The summed E-state index contributed by atoms with van der Waals surface area (Å²) in [6.07, 6.45) is 10.2. The molecule has 0 spiro atoms. The third-order valence-electron chi connectivity index (χ3n) is 6.44. The third-order valence-corrected chi connectivity index (χ3v) is 8.28. The molecular formula is C19H34N4O2S. The van der Waals surface area contributed by atoms with Crippen LogP contribution in [0.25, 0.3) is 0 Å². The van der Waals surface area contributed by atoms with Crippen LogP contribution < -0.4 is 5.32 Å². The molecule has 0 radical (unpaired) electrons. The third kappa shape index (κ3) is 4.91. The first-order valence-corrected chi connectivity index (χ1v) is 12.4. The Labute approximate surface area is 158 Å². The van der Waals surface area contributed by atoms with Gasteiger partial charge in [0.2, 0.25) is 0 Å². The van der Waals surface area contributed by atoms with Gasteiger partial charge in [0, 0.05) is 44.8 Å². The Balaban J connectivity index is 1.32. The van der Waals surface area contributed by atoms with Crippen LogP contribution in [0.4, 0.5) is 0 Å². The van der Waals surface area contributed by atoms with Crippen molar-refractivity contribution in [2.45, 2.75) is 63.5 Å². The van der Waals surface area contributed by atoms with E-state index in [0.717, 1.165) is 44.6 Å². The lowest BCUT2D eigenvalue weighted by atomic mass is 9.94. The average Bonchev–Trinajstić information content (AvgIpc) is 3.41. The summed E-state index contributed by atoms with van der Waals surface area (Å²) in [5.41, 5.74) is 0. The zero-order valence-corrected chi connectivity index (χ0v) is 16.7. The quantitative estimate of drug-likeness (QED) is 0.589. The minimum absolute atomic E-state index is 0.208. The zero-order valence-electron chi connectivity index (χ0n) is 15.9. The molecule has 2 heterocycles. The smallest absolute Gasteiger partial charge is 0.194 e. The highest BCUT2D eigenvalue weighted by Gasteiger charge is 2.31. The van der Waals surface area contributed by atoms with Crippen LogP contribution in [-0.4, -0.2) is 80.5 Å². The number of guanidine groups is 1. The molecule has 2 aliphatic heterocycles. The Bertz CT molecular complexity index is 603. The second kappa shape index (κ2) is 8.05. The van der Waals surface area contributed by atoms with Crippen LogP contribution in [0, 0.1) is 5.92 Å². The van der Waals surface area contributed by atoms with Gasteiger partial charge in [0.25, 0.3) is 0 Å². The number of hydrogen-bond acceptors (Lipinski definition) is 4. The maximum absolute atomic E-state index is 11.7. The molecule has 1 N–H and O–H groups in total. The van der Waals surface area contributed by atoms with Crippen molar-refractivity contribution in [3.05, 3.63) is 0 Å². The van der Waals surface area contributed by atoms with Gasteiger partial charge in [-0.2, -0.15) is 0 Å². The first-order valence-electron chi connectivity index (χ1n) is 10.6. The van der Waals surface area contributed by atoms with Crippen LogP contribution in [0.5, 0.6) is 0 Å². The van der Waals surface area contributed by atoms with Crippen molar-refractivity contribution < 1.29 is 8.42 Å². The van der Waals surface area contributed by atoms with E-state index in [9.17, 15) is 8.42 Å². The fourth-order valence-electron chi connectivity index (χ4n) is 4.62. The minimum Gasteiger partial charge on any atom is -0.354 e. The molecule has 2 saturated carbocycles. The molecule has 2 aliphatic carbocycles. The molecule has 2 saturated heterocycles. The molecular weight excluding hydrogens is 348 g/mol. The van der Waals surface area contributed by atoms with E-state index in [-0.39, 0.29) is 5.92 Å². The lowest BCUT2D eigenvalue weighted by Gasteiger charge is -2.41. The number of nitrogens with one attached hydrogen (secondary N) is 1. The molecule has 6 nitrogen and oxygen atoms in total. The number of aliphatic imine (C=N–C) groups is 1. The van der Waals surface area contributed by atoms with Crippen molar-refractivity contribution in [2.24, 2.45) is 10.9 Å². The van der Waals surface area contributed by atoms with Crippen LogP contribution in [0.15, 0.2) is 4.99 Å². The second-order valence-electron chi connectivity index (χ2n) is 8.67. The molecule has 4 aliphatic rings. The van der Waals surface area contributed by atoms with E-state index in [0.29, 0.717) is 24.1 Å².